The number of halogens is 2. The van der Waals surface area contributed by atoms with E-state index in [0.717, 1.165) is 29.5 Å². The molecule has 3 aromatic rings. The smallest absolute Gasteiger partial charge is 0.237 e. The summed E-state index contributed by atoms with van der Waals surface area (Å²) in [6, 6.07) is 13.1. The third-order valence-electron chi connectivity index (χ3n) is 3.58. The number of anilines is 1. The summed E-state index contributed by atoms with van der Waals surface area (Å²) in [7, 11) is 0. The zero-order chi connectivity index (χ0) is 19.2. The van der Waals surface area contributed by atoms with Crippen LogP contribution in [0.25, 0.3) is 12.2 Å². The van der Waals surface area contributed by atoms with Crippen LogP contribution in [0.5, 0.6) is 0 Å². The predicted molar refractivity (Wildman–Crippen MR) is 102 cm³/mol. The molecule has 27 heavy (non-hydrogen) atoms. The minimum atomic E-state index is -0.827. The second kappa shape index (κ2) is 8.59. The van der Waals surface area contributed by atoms with Crippen LogP contribution in [0.1, 0.15) is 18.3 Å². The van der Waals surface area contributed by atoms with E-state index in [4.69, 9.17) is 0 Å². The Kier molecular flexibility index (Phi) is 5.97. The van der Waals surface area contributed by atoms with Crippen molar-refractivity contribution in [3.05, 3.63) is 71.6 Å². The van der Waals surface area contributed by atoms with Crippen LogP contribution >= 0.6 is 11.8 Å². The summed E-state index contributed by atoms with van der Waals surface area (Å²) < 4.78 is 27.3. The maximum absolute atomic E-state index is 13.6. The second-order valence-electron chi connectivity index (χ2n) is 5.59. The van der Waals surface area contributed by atoms with Crippen molar-refractivity contribution in [1.29, 1.82) is 0 Å². The summed E-state index contributed by atoms with van der Waals surface area (Å²) in [5.41, 5.74) is 0.555. The normalized spacial score (nSPS) is 12.3. The Morgan fingerprint density at radius 3 is 2.52 bits per heavy atom. The van der Waals surface area contributed by atoms with E-state index in [-0.39, 0.29) is 0 Å². The van der Waals surface area contributed by atoms with Crippen molar-refractivity contribution in [3.8, 4) is 0 Å². The zero-order valence-corrected chi connectivity index (χ0v) is 15.1. The summed E-state index contributed by atoms with van der Waals surface area (Å²) in [4.78, 5) is 16.5. The highest BCUT2D eigenvalue weighted by Gasteiger charge is 2.20. The maximum atomic E-state index is 13.6. The largest absolute Gasteiger partial charge is 0.320 e. The molecule has 0 aliphatic carbocycles. The third-order valence-corrected chi connectivity index (χ3v) is 4.54. The predicted octanol–water partition coefficient (Wildman–Crippen LogP) is 4.37. The van der Waals surface area contributed by atoms with Gasteiger partial charge in [0.1, 0.15) is 23.1 Å². The van der Waals surface area contributed by atoms with E-state index < -0.39 is 28.5 Å². The molecule has 0 spiro atoms. The molecule has 1 atom stereocenters. The highest BCUT2D eigenvalue weighted by molar-refractivity contribution is 8.00. The number of carbonyl (C=O) groups is 1. The summed E-state index contributed by atoms with van der Waals surface area (Å²) in [5.74, 6) is -1.66. The van der Waals surface area contributed by atoms with Gasteiger partial charge in [0.15, 0.2) is 0 Å². The fourth-order valence-corrected chi connectivity index (χ4v) is 2.91. The van der Waals surface area contributed by atoms with Crippen molar-refractivity contribution in [2.45, 2.75) is 17.3 Å². The van der Waals surface area contributed by atoms with Crippen LogP contribution in [0.2, 0.25) is 0 Å². The molecule has 0 fully saturated rings. The first kappa shape index (κ1) is 18.8. The lowest BCUT2D eigenvalue weighted by molar-refractivity contribution is -0.115. The van der Waals surface area contributed by atoms with Crippen molar-refractivity contribution >= 4 is 35.5 Å². The number of amides is 1. The van der Waals surface area contributed by atoms with Gasteiger partial charge in [-0.1, -0.05) is 54.2 Å². The van der Waals surface area contributed by atoms with Crippen LogP contribution in [0, 0.1) is 11.6 Å². The number of nitrogens with zero attached hydrogens (tertiary/aromatic N) is 2. The lowest BCUT2D eigenvalue weighted by atomic mass is 10.2. The average Bonchev–Trinajstić information content (AvgIpc) is 3.11. The molecule has 5 nitrogen and oxygen atoms in total. The number of thioether (sulfide) groups is 1. The lowest BCUT2D eigenvalue weighted by Gasteiger charge is -2.11. The molecule has 2 aromatic carbocycles. The number of aromatic amines is 1. The lowest BCUT2D eigenvalue weighted by Crippen LogP contribution is -2.23. The van der Waals surface area contributed by atoms with Crippen LogP contribution in [0.4, 0.5) is 14.5 Å². The summed E-state index contributed by atoms with van der Waals surface area (Å²) >= 11 is 1.08. The Morgan fingerprint density at radius 2 is 1.81 bits per heavy atom. The van der Waals surface area contributed by atoms with Gasteiger partial charge in [0.05, 0.1) is 5.25 Å². The fourth-order valence-electron chi connectivity index (χ4n) is 2.18. The average molecular weight is 386 g/mol. The van der Waals surface area contributed by atoms with E-state index in [1.165, 1.54) is 6.07 Å². The van der Waals surface area contributed by atoms with E-state index in [2.05, 4.69) is 20.5 Å². The number of H-pyrrole nitrogens is 1. The molecule has 3 rings (SSSR count). The summed E-state index contributed by atoms with van der Waals surface area (Å²) in [6.45, 7) is 1.61. The van der Waals surface area contributed by atoms with Crippen LogP contribution < -0.4 is 5.32 Å². The van der Waals surface area contributed by atoms with Crippen LogP contribution in [-0.4, -0.2) is 26.3 Å². The molecule has 138 valence electrons. The van der Waals surface area contributed by atoms with Gasteiger partial charge in [-0.3, -0.25) is 9.89 Å². The van der Waals surface area contributed by atoms with Gasteiger partial charge >= 0.3 is 0 Å². The molecule has 1 amide bonds. The number of rotatable bonds is 6. The van der Waals surface area contributed by atoms with Crippen molar-refractivity contribution < 1.29 is 13.6 Å². The summed E-state index contributed by atoms with van der Waals surface area (Å²) in [6.07, 6.45) is 3.65. The molecule has 1 unspecified atom stereocenters. The van der Waals surface area contributed by atoms with E-state index >= 15 is 0 Å². The molecule has 8 heteroatoms. The SMILES string of the molecule is CC(Sc1n[nH]c(/C=C/c2ccccc2)n1)C(=O)Nc1c(F)cccc1F. The van der Waals surface area contributed by atoms with E-state index in [1.807, 2.05) is 36.4 Å². The number of nitrogens with one attached hydrogen (secondary N) is 2. The first-order chi connectivity index (χ1) is 13.0. The molecule has 0 aliphatic heterocycles. The van der Waals surface area contributed by atoms with E-state index in [9.17, 15) is 13.6 Å². The first-order valence-corrected chi connectivity index (χ1v) is 8.98. The molecule has 0 bridgehead atoms. The van der Waals surface area contributed by atoms with Crippen molar-refractivity contribution in [2.24, 2.45) is 0 Å². The van der Waals surface area contributed by atoms with Gasteiger partial charge in [-0.2, -0.15) is 0 Å². The van der Waals surface area contributed by atoms with Crippen LogP contribution in [0.3, 0.4) is 0 Å². The monoisotopic (exact) mass is 386 g/mol. The highest BCUT2D eigenvalue weighted by atomic mass is 32.2. The Hall–Kier alpha value is -3.00. The van der Waals surface area contributed by atoms with Crippen LogP contribution in [0.15, 0.2) is 53.7 Å². The Labute approximate surface area is 158 Å². The topological polar surface area (TPSA) is 70.7 Å². The number of para-hydroxylation sites is 1. The maximum Gasteiger partial charge on any atom is 0.237 e. The molecule has 0 aliphatic rings. The molecule has 0 saturated carbocycles. The Balaban J connectivity index is 1.61. The molecular weight excluding hydrogens is 370 g/mol. The van der Waals surface area contributed by atoms with Gasteiger partial charge in [-0.05, 0) is 30.7 Å². The van der Waals surface area contributed by atoms with Gasteiger partial charge in [-0.25, -0.2) is 13.8 Å². The van der Waals surface area contributed by atoms with Crippen molar-refractivity contribution in [2.75, 3.05) is 5.32 Å². The third kappa shape index (κ3) is 5.01. The van der Waals surface area contributed by atoms with Gasteiger partial charge < -0.3 is 5.32 Å². The van der Waals surface area contributed by atoms with Gasteiger partial charge in [-0.15, -0.1) is 5.10 Å². The number of carbonyl (C=O) groups excluding carboxylic acids is 1. The molecular formula is C19H16F2N4OS. The number of hydrogen-bond acceptors (Lipinski definition) is 4. The zero-order valence-electron chi connectivity index (χ0n) is 14.3. The van der Waals surface area contributed by atoms with Gasteiger partial charge in [0.25, 0.3) is 0 Å². The number of benzene rings is 2. The van der Waals surface area contributed by atoms with Crippen molar-refractivity contribution in [3.63, 3.8) is 0 Å². The van der Waals surface area contributed by atoms with Gasteiger partial charge in [0, 0.05) is 0 Å². The highest BCUT2D eigenvalue weighted by Crippen LogP contribution is 2.23. The second-order valence-corrected chi connectivity index (χ2v) is 6.90. The van der Waals surface area contributed by atoms with Crippen LogP contribution in [-0.2, 0) is 4.79 Å². The minimum Gasteiger partial charge on any atom is -0.320 e. The standard InChI is InChI=1S/C19H16F2N4OS/c1-12(18(26)23-17-14(20)8-5-9-15(17)21)27-19-22-16(24-25-19)11-10-13-6-3-2-4-7-13/h2-12H,1H3,(H,23,26)(H,22,24,25)/b11-10+. The number of hydrogen-bond donors (Lipinski definition) is 2. The molecule has 2 N–H and O–H groups in total. The summed E-state index contributed by atoms with van der Waals surface area (Å²) in [5, 5.41) is 8.78. The van der Waals surface area contributed by atoms with Crippen molar-refractivity contribution in [1.82, 2.24) is 15.2 Å². The number of aromatic nitrogens is 3. The fraction of sp³-hybridized carbons (Fsp3) is 0.105. The molecule has 1 aromatic heterocycles. The minimum absolute atomic E-state index is 0.361. The van der Waals surface area contributed by atoms with E-state index in [1.54, 1.807) is 13.0 Å². The molecule has 0 radical (unpaired) electrons. The molecule has 1 heterocycles. The quantitative estimate of drug-likeness (QED) is 0.617. The first-order valence-electron chi connectivity index (χ1n) is 8.10. The Bertz CT molecular complexity index is 939. The Morgan fingerprint density at radius 1 is 1.11 bits per heavy atom. The van der Waals surface area contributed by atoms with Gasteiger partial charge in [0.2, 0.25) is 11.1 Å². The van der Waals surface area contributed by atoms with E-state index in [0.29, 0.717) is 11.0 Å². The molecule has 0 saturated heterocycles.